The molecular weight excluding hydrogens is 457 g/mol. The van der Waals surface area contributed by atoms with Gasteiger partial charge in [0, 0.05) is 27.7 Å². The van der Waals surface area contributed by atoms with Gasteiger partial charge in [-0.15, -0.1) is 0 Å². The van der Waals surface area contributed by atoms with Crippen LogP contribution < -0.4 is 16.2 Å². The Kier molecular flexibility index (Phi) is 7.35. The molecule has 142 valence electrons. The Morgan fingerprint density at radius 3 is 2.15 bits per heavy atom. The molecule has 0 fully saturated rings. The molecule has 2 aromatic rings. The standard InChI is InChI=1S/C20H22IN3O3/c1-12-5-7-16(10-14(12)3)22-18(25)8-9-19(26)23-24-20(27)15-6-4-13(2)17(21)11-15/h4-7,10-11H,8-9H2,1-3H3,(H,22,25)(H,23,26)(H,24,27). The highest BCUT2D eigenvalue weighted by molar-refractivity contribution is 14.1. The number of aryl methyl sites for hydroxylation is 3. The number of anilines is 1. The van der Waals surface area contributed by atoms with Crippen LogP contribution in [0.25, 0.3) is 0 Å². The minimum absolute atomic E-state index is 0.0249. The molecule has 0 aliphatic rings. The molecule has 0 aliphatic heterocycles. The highest BCUT2D eigenvalue weighted by atomic mass is 127. The lowest BCUT2D eigenvalue weighted by Gasteiger charge is -2.09. The molecule has 3 N–H and O–H groups in total. The predicted molar refractivity (Wildman–Crippen MR) is 113 cm³/mol. The summed E-state index contributed by atoms with van der Waals surface area (Å²) in [5.41, 5.74) is 9.15. The number of amides is 3. The average molecular weight is 479 g/mol. The van der Waals surface area contributed by atoms with E-state index < -0.39 is 11.8 Å². The molecular formula is C20H22IN3O3. The average Bonchev–Trinajstić information content (AvgIpc) is 2.63. The van der Waals surface area contributed by atoms with Gasteiger partial charge >= 0.3 is 0 Å². The molecule has 0 saturated carbocycles. The summed E-state index contributed by atoms with van der Waals surface area (Å²) in [5, 5.41) is 2.76. The zero-order valence-corrected chi connectivity index (χ0v) is 17.6. The minimum atomic E-state index is -0.430. The number of carbonyl (C=O) groups is 3. The Morgan fingerprint density at radius 2 is 1.48 bits per heavy atom. The van der Waals surface area contributed by atoms with E-state index in [0.29, 0.717) is 11.3 Å². The van der Waals surface area contributed by atoms with Crippen LogP contribution in [0.1, 0.15) is 39.9 Å². The Labute approximate surface area is 172 Å². The fraction of sp³-hybridized carbons (Fsp3) is 0.250. The van der Waals surface area contributed by atoms with Gasteiger partial charge in [0.05, 0.1) is 0 Å². The molecule has 0 aliphatic carbocycles. The van der Waals surface area contributed by atoms with Crippen LogP contribution in [0.5, 0.6) is 0 Å². The van der Waals surface area contributed by atoms with E-state index in [-0.39, 0.29) is 18.7 Å². The summed E-state index contributed by atoms with van der Waals surface area (Å²) < 4.78 is 0.967. The molecule has 27 heavy (non-hydrogen) atoms. The van der Waals surface area contributed by atoms with Crippen molar-refractivity contribution in [2.24, 2.45) is 0 Å². The number of halogens is 1. The summed E-state index contributed by atoms with van der Waals surface area (Å²) in [6.45, 7) is 5.92. The molecule has 3 amide bonds. The Balaban J connectivity index is 1.76. The second-order valence-corrected chi connectivity index (χ2v) is 7.48. The number of rotatable bonds is 5. The lowest BCUT2D eigenvalue weighted by molar-refractivity contribution is -0.124. The second-order valence-electron chi connectivity index (χ2n) is 6.31. The van der Waals surface area contributed by atoms with Crippen LogP contribution in [-0.2, 0) is 9.59 Å². The van der Waals surface area contributed by atoms with Gasteiger partial charge in [0.1, 0.15) is 0 Å². The van der Waals surface area contributed by atoms with E-state index in [9.17, 15) is 14.4 Å². The molecule has 0 aromatic heterocycles. The normalized spacial score (nSPS) is 10.2. The molecule has 0 radical (unpaired) electrons. The first kappa shape index (κ1) is 20.9. The van der Waals surface area contributed by atoms with Gasteiger partial charge < -0.3 is 5.32 Å². The van der Waals surface area contributed by atoms with Gasteiger partial charge in [-0.3, -0.25) is 25.2 Å². The number of hydrazine groups is 1. The molecule has 2 rings (SSSR count). The zero-order valence-electron chi connectivity index (χ0n) is 15.5. The Bertz CT molecular complexity index is 881. The monoisotopic (exact) mass is 479 g/mol. The van der Waals surface area contributed by atoms with Crippen LogP contribution in [-0.4, -0.2) is 17.7 Å². The van der Waals surface area contributed by atoms with E-state index in [1.165, 1.54) is 0 Å². The fourth-order valence-corrected chi connectivity index (χ4v) is 2.78. The summed E-state index contributed by atoms with van der Waals surface area (Å²) in [6.07, 6.45) is -0.000548. The van der Waals surface area contributed by atoms with Crippen LogP contribution in [0.2, 0.25) is 0 Å². The van der Waals surface area contributed by atoms with Gasteiger partial charge in [0.25, 0.3) is 5.91 Å². The molecule has 0 unspecified atom stereocenters. The summed E-state index contributed by atoms with van der Waals surface area (Å²) in [7, 11) is 0. The van der Waals surface area contributed by atoms with Crippen LogP contribution >= 0.6 is 22.6 Å². The van der Waals surface area contributed by atoms with Crippen molar-refractivity contribution in [1.29, 1.82) is 0 Å². The lowest BCUT2D eigenvalue weighted by Crippen LogP contribution is -2.41. The summed E-state index contributed by atoms with van der Waals surface area (Å²) in [5.74, 6) is -1.09. The van der Waals surface area contributed by atoms with Crippen molar-refractivity contribution in [2.75, 3.05) is 5.32 Å². The topological polar surface area (TPSA) is 87.3 Å². The SMILES string of the molecule is Cc1ccc(NC(=O)CCC(=O)NNC(=O)c2ccc(C)c(I)c2)cc1C. The third-order valence-corrected chi connectivity index (χ3v) is 5.28. The number of hydrogen-bond donors (Lipinski definition) is 3. The summed E-state index contributed by atoms with van der Waals surface area (Å²) >= 11 is 2.15. The first-order valence-electron chi connectivity index (χ1n) is 8.48. The van der Waals surface area contributed by atoms with Crippen molar-refractivity contribution in [3.8, 4) is 0 Å². The number of hydrogen-bond acceptors (Lipinski definition) is 3. The van der Waals surface area contributed by atoms with Crippen LogP contribution in [0.3, 0.4) is 0 Å². The maximum Gasteiger partial charge on any atom is 0.269 e. The van der Waals surface area contributed by atoms with Gasteiger partial charge in [-0.25, -0.2) is 0 Å². The lowest BCUT2D eigenvalue weighted by atomic mass is 10.1. The smallest absolute Gasteiger partial charge is 0.269 e. The van der Waals surface area contributed by atoms with Gasteiger partial charge in [-0.2, -0.15) is 0 Å². The van der Waals surface area contributed by atoms with E-state index in [2.05, 4.69) is 38.8 Å². The third kappa shape index (κ3) is 6.35. The van der Waals surface area contributed by atoms with E-state index in [0.717, 1.165) is 20.3 Å². The largest absolute Gasteiger partial charge is 0.326 e. The van der Waals surface area contributed by atoms with Crippen molar-refractivity contribution in [3.63, 3.8) is 0 Å². The van der Waals surface area contributed by atoms with Crippen LogP contribution in [0.15, 0.2) is 36.4 Å². The molecule has 0 bridgehead atoms. The highest BCUT2D eigenvalue weighted by Crippen LogP contribution is 2.15. The first-order chi connectivity index (χ1) is 12.8. The molecule has 0 saturated heterocycles. The van der Waals surface area contributed by atoms with Crippen molar-refractivity contribution in [1.82, 2.24) is 10.9 Å². The minimum Gasteiger partial charge on any atom is -0.326 e. The van der Waals surface area contributed by atoms with E-state index >= 15 is 0 Å². The maximum absolute atomic E-state index is 12.0. The van der Waals surface area contributed by atoms with Crippen LogP contribution in [0, 0.1) is 24.3 Å². The molecule has 0 spiro atoms. The van der Waals surface area contributed by atoms with E-state index in [1.54, 1.807) is 12.1 Å². The van der Waals surface area contributed by atoms with Crippen molar-refractivity contribution >= 4 is 46.0 Å². The van der Waals surface area contributed by atoms with Gasteiger partial charge in [0.15, 0.2) is 0 Å². The molecule has 7 heteroatoms. The van der Waals surface area contributed by atoms with Crippen molar-refractivity contribution in [2.45, 2.75) is 33.6 Å². The molecule has 6 nitrogen and oxygen atoms in total. The summed E-state index contributed by atoms with van der Waals surface area (Å²) in [4.78, 5) is 35.9. The second kappa shape index (κ2) is 9.50. The molecule has 2 aromatic carbocycles. The van der Waals surface area contributed by atoms with Crippen LogP contribution in [0.4, 0.5) is 5.69 Å². The van der Waals surface area contributed by atoms with E-state index in [1.807, 2.05) is 45.0 Å². The summed E-state index contributed by atoms with van der Waals surface area (Å²) in [6, 6.07) is 10.9. The fourth-order valence-electron chi connectivity index (χ4n) is 2.26. The maximum atomic E-state index is 12.0. The molecule has 0 atom stereocenters. The quantitative estimate of drug-likeness (QED) is 0.454. The zero-order chi connectivity index (χ0) is 20.0. The Morgan fingerprint density at radius 1 is 0.815 bits per heavy atom. The van der Waals surface area contributed by atoms with E-state index in [4.69, 9.17) is 0 Å². The van der Waals surface area contributed by atoms with Crippen molar-refractivity contribution in [3.05, 3.63) is 62.2 Å². The van der Waals surface area contributed by atoms with Gasteiger partial charge in [-0.1, -0.05) is 12.1 Å². The third-order valence-electron chi connectivity index (χ3n) is 4.12. The first-order valence-corrected chi connectivity index (χ1v) is 9.56. The molecule has 0 heterocycles. The predicted octanol–water partition coefficient (Wildman–Crippen LogP) is 3.40. The van der Waals surface area contributed by atoms with Crippen molar-refractivity contribution < 1.29 is 14.4 Å². The van der Waals surface area contributed by atoms with Gasteiger partial charge in [-0.05, 0) is 84.3 Å². The number of carbonyl (C=O) groups excluding carboxylic acids is 3. The number of benzene rings is 2. The van der Waals surface area contributed by atoms with Gasteiger partial charge in [0.2, 0.25) is 11.8 Å². The number of nitrogens with one attached hydrogen (secondary N) is 3. The highest BCUT2D eigenvalue weighted by Gasteiger charge is 2.11. The Hall–Kier alpha value is -2.42.